The molecule has 2 aromatic carbocycles. The number of carbonyl (C=O) groups excluding carboxylic acids is 1. The third kappa shape index (κ3) is 3.46. The van der Waals surface area contributed by atoms with Crippen LogP contribution in [-0.2, 0) is 6.18 Å². The molecule has 0 saturated heterocycles. The zero-order chi connectivity index (χ0) is 18.9. The Labute approximate surface area is 148 Å². The second kappa shape index (κ2) is 6.67. The highest BCUT2D eigenvalue weighted by Gasteiger charge is 2.31. The molecule has 3 rings (SSSR count). The summed E-state index contributed by atoms with van der Waals surface area (Å²) in [4.78, 5) is 12.4. The van der Waals surface area contributed by atoms with E-state index in [2.05, 4.69) is 10.4 Å². The van der Waals surface area contributed by atoms with Crippen molar-refractivity contribution >= 4 is 11.6 Å². The Morgan fingerprint density at radius 3 is 2.38 bits per heavy atom. The van der Waals surface area contributed by atoms with Crippen LogP contribution in [0, 0.1) is 13.8 Å². The number of carbonyl (C=O) groups is 1. The third-order valence-corrected chi connectivity index (χ3v) is 3.98. The first kappa shape index (κ1) is 17.7. The van der Waals surface area contributed by atoms with Gasteiger partial charge in [0.2, 0.25) is 0 Å². The summed E-state index contributed by atoms with van der Waals surface area (Å²) in [5, 5.41) is 7.08. The summed E-state index contributed by atoms with van der Waals surface area (Å²) in [6, 6.07) is 13.7. The Hall–Kier alpha value is -3.09. The number of halogens is 3. The van der Waals surface area contributed by atoms with Crippen LogP contribution in [0.2, 0.25) is 0 Å². The fraction of sp³-hybridized carbons (Fsp3) is 0.158. The van der Waals surface area contributed by atoms with E-state index in [9.17, 15) is 18.0 Å². The lowest BCUT2D eigenvalue weighted by atomic mass is 10.1. The van der Waals surface area contributed by atoms with Gasteiger partial charge >= 0.3 is 6.18 Å². The van der Waals surface area contributed by atoms with Gasteiger partial charge in [0.1, 0.15) is 0 Å². The van der Waals surface area contributed by atoms with Crippen molar-refractivity contribution in [2.45, 2.75) is 20.0 Å². The van der Waals surface area contributed by atoms with Crippen molar-refractivity contribution in [3.05, 3.63) is 77.1 Å². The molecule has 7 heteroatoms. The molecule has 4 nitrogen and oxygen atoms in total. The van der Waals surface area contributed by atoms with E-state index >= 15 is 0 Å². The summed E-state index contributed by atoms with van der Waals surface area (Å²) >= 11 is 0. The Balaban J connectivity index is 1.90. The molecule has 0 aliphatic carbocycles. The number of aromatic nitrogens is 2. The largest absolute Gasteiger partial charge is 0.416 e. The van der Waals surface area contributed by atoms with Gasteiger partial charge in [0.25, 0.3) is 5.91 Å². The maximum absolute atomic E-state index is 12.8. The minimum atomic E-state index is -4.50. The number of hydrogen-bond acceptors (Lipinski definition) is 2. The molecule has 26 heavy (non-hydrogen) atoms. The van der Waals surface area contributed by atoms with Gasteiger partial charge in [0, 0.05) is 5.56 Å². The standard InChI is InChI=1S/C19H16F3N3O/c1-12-17(13(2)25(24-12)16-9-4-3-5-10-16)23-18(26)14-7-6-8-15(11-14)19(20,21)22/h3-11H,1-2H3,(H,23,26). The Morgan fingerprint density at radius 2 is 1.73 bits per heavy atom. The molecule has 0 spiro atoms. The molecular formula is C19H16F3N3O. The second-order valence-electron chi connectivity index (χ2n) is 5.83. The lowest BCUT2D eigenvalue weighted by molar-refractivity contribution is -0.137. The van der Waals surface area contributed by atoms with E-state index in [1.54, 1.807) is 18.5 Å². The summed E-state index contributed by atoms with van der Waals surface area (Å²) in [5.41, 5.74) is 1.65. The summed E-state index contributed by atoms with van der Waals surface area (Å²) in [6.45, 7) is 3.52. The van der Waals surface area contributed by atoms with Crippen LogP contribution in [0.4, 0.5) is 18.9 Å². The fourth-order valence-corrected chi connectivity index (χ4v) is 2.67. The van der Waals surface area contributed by atoms with Gasteiger partial charge in [0.05, 0.1) is 28.3 Å². The quantitative estimate of drug-likeness (QED) is 0.733. The summed E-state index contributed by atoms with van der Waals surface area (Å²) in [5.74, 6) is -0.616. The molecule has 1 aromatic heterocycles. The zero-order valence-electron chi connectivity index (χ0n) is 14.1. The third-order valence-electron chi connectivity index (χ3n) is 3.98. The van der Waals surface area contributed by atoms with Crippen LogP contribution in [0.1, 0.15) is 27.3 Å². The van der Waals surface area contributed by atoms with Crippen LogP contribution in [0.5, 0.6) is 0 Å². The van der Waals surface area contributed by atoms with Crippen molar-refractivity contribution in [3.8, 4) is 5.69 Å². The number of nitrogens with one attached hydrogen (secondary N) is 1. The topological polar surface area (TPSA) is 46.9 Å². The summed E-state index contributed by atoms with van der Waals surface area (Å²) in [6.07, 6.45) is -4.50. The lowest BCUT2D eigenvalue weighted by Gasteiger charge is -2.10. The van der Waals surface area contributed by atoms with Crippen LogP contribution >= 0.6 is 0 Å². The highest BCUT2D eigenvalue weighted by molar-refractivity contribution is 6.05. The van der Waals surface area contributed by atoms with Crippen LogP contribution < -0.4 is 5.32 Å². The Bertz CT molecular complexity index is 946. The van der Waals surface area contributed by atoms with Crippen LogP contribution in [-0.4, -0.2) is 15.7 Å². The van der Waals surface area contributed by atoms with Crippen molar-refractivity contribution < 1.29 is 18.0 Å². The molecule has 0 bridgehead atoms. The van der Waals surface area contributed by atoms with E-state index in [1.807, 2.05) is 30.3 Å². The van der Waals surface area contributed by atoms with E-state index in [0.29, 0.717) is 17.1 Å². The number of nitrogens with zero attached hydrogens (tertiary/aromatic N) is 2. The number of rotatable bonds is 3. The van der Waals surface area contributed by atoms with E-state index in [1.165, 1.54) is 12.1 Å². The van der Waals surface area contributed by atoms with Gasteiger partial charge in [0.15, 0.2) is 0 Å². The summed E-state index contributed by atoms with van der Waals surface area (Å²) < 4.78 is 40.2. The first-order valence-electron chi connectivity index (χ1n) is 7.87. The number of alkyl halides is 3. The molecule has 0 radical (unpaired) electrons. The van der Waals surface area contributed by atoms with Gasteiger partial charge in [-0.25, -0.2) is 4.68 Å². The molecule has 1 N–H and O–H groups in total. The van der Waals surface area contributed by atoms with Gasteiger partial charge in [-0.15, -0.1) is 0 Å². The maximum Gasteiger partial charge on any atom is 0.416 e. The van der Waals surface area contributed by atoms with Gasteiger partial charge in [-0.1, -0.05) is 24.3 Å². The van der Waals surface area contributed by atoms with Crippen LogP contribution in [0.15, 0.2) is 54.6 Å². The highest BCUT2D eigenvalue weighted by atomic mass is 19.4. The van der Waals surface area contributed by atoms with E-state index in [0.717, 1.165) is 17.8 Å². The van der Waals surface area contributed by atoms with Crippen molar-refractivity contribution in [2.24, 2.45) is 0 Å². The molecule has 0 aliphatic rings. The average molecular weight is 359 g/mol. The monoisotopic (exact) mass is 359 g/mol. The molecule has 1 amide bonds. The van der Waals surface area contributed by atoms with Crippen molar-refractivity contribution in [2.75, 3.05) is 5.32 Å². The number of hydrogen-bond donors (Lipinski definition) is 1. The number of aryl methyl sites for hydroxylation is 1. The normalized spacial score (nSPS) is 11.4. The molecular weight excluding hydrogens is 343 g/mol. The minimum Gasteiger partial charge on any atom is -0.319 e. The van der Waals surface area contributed by atoms with Gasteiger partial charge in [-0.2, -0.15) is 18.3 Å². The van der Waals surface area contributed by atoms with Gasteiger partial charge in [-0.3, -0.25) is 4.79 Å². The molecule has 1 heterocycles. The average Bonchev–Trinajstić information content (AvgIpc) is 2.90. The molecule has 0 saturated carbocycles. The predicted molar refractivity (Wildman–Crippen MR) is 92.4 cm³/mol. The zero-order valence-corrected chi connectivity index (χ0v) is 14.1. The fourth-order valence-electron chi connectivity index (χ4n) is 2.67. The summed E-state index contributed by atoms with van der Waals surface area (Å²) in [7, 11) is 0. The minimum absolute atomic E-state index is 0.0638. The highest BCUT2D eigenvalue weighted by Crippen LogP contribution is 2.30. The van der Waals surface area contributed by atoms with E-state index in [4.69, 9.17) is 0 Å². The SMILES string of the molecule is Cc1nn(-c2ccccc2)c(C)c1NC(=O)c1cccc(C(F)(F)F)c1. The molecule has 3 aromatic rings. The Morgan fingerprint density at radius 1 is 1.04 bits per heavy atom. The number of anilines is 1. The lowest BCUT2D eigenvalue weighted by Crippen LogP contribution is -2.15. The molecule has 134 valence electrons. The van der Waals surface area contributed by atoms with Crippen molar-refractivity contribution in [1.29, 1.82) is 0 Å². The van der Waals surface area contributed by atoms with Crippen molar-refractivity contribution in [3.63, 3.8) is 0 Å². The van der Waals surface area contributed by atoms with Crippen LogP contribution in [0.3, 0.4) is 0 Å². The molecule has 0 fully saturated rings. The second-order valence-corrected chi connectivity index (χ2v) is 5.83. The molecule has 0 unspecified atom stereocenters. The molecule has 0 atom stereocenters. The number of amides is 1. The van der Waals surface area contributed by atoms with E-state index in [-0.39, 0.29) is 5.56 Å². The smallest absolute Gasteiger partial charge is 0.319 e. The predicted octanol–water partition coefficient (Wildman–Crippen LogP) is 4.76. The van der Waals surface area contributed by atoms with E-state index < -0.39 is 17.6 Å². The van der Waals surface area contributed by atoms with Crippen LogP contribution in [0.25, 0.3) is 5.69 Å². The molecule has 0 aliphatic heterocycles. The maximum atomic E-state index is 12.8. The number of benzene rings is 2. The van der Waals surface area contributed by atoms with Gasteiger partial charge in [-0.05, 0) is 44.2 Å². The first-order chi connectivity index (χ1) is 12.3. The number of para-hydroxylation sites is 1. The van der Waals surface area contributed by atoms with Crippen molar-refractivity contribution in [1.82, 2.24) is 9.78 Å². The van der Waals surface area contributed by atoms with Gasteiger partial charge < -0.3 is 5.32 Å². The Kier molecular flexibility index (Phi) is 4.54. The first-order valence-corrected chi connectivity index (χ1v) is 7.87.